The topological polar surface area (TPSA) is 73.7 Å². The Bertz CT molecular complexity index is 802. The minimum Gasteiger partial charge on any atom is -0.487 e. The fraction of sp³-hybridized carbons (Fsp3) is 0.471. The zero-order valence-corrected chi connectivity index (χ0v) is 15.3. The highest BCUT2D eigenvalue weighted by molar-refractivity contribution is 7.90. The van der Waals surface area contributed by atoms with E-state index in [2.05, 4.69) is 9.88 Å². The lowest BCUT2D eigenvalue weighted by atomic mass is 10.3. The number of aryl methyl sites for hydroxylation is 1. The first-order valence-electron chi connectivity index (χ1n) is 8.15. The Morgan fingerprint density at radius 3 is 2.72 bits per heavy atom. The van der Waals surface area contributed by atoms with E-state index in [4.69, 9.17) is 9.47 Å². The Morgan fingerprint density at radius 1 is 1.32 bits per heavy atom. The first-order valence-corrected chi connectivity index (χ1v) is 10.0. The summed E-state index contributed by atoms with van der Waals surface area (Å²) in [4.78, 5) is 6.91. The fourth-order valence-corrected chi connectivity index (χ4v) is 3.39. The van der Waals surface area contributed by atoms with E-state index >= 15 is 0 Å². The molecule has 0 unspecified atom stereocenters. The average molecular weight is 365 g/mol. The van der Waals surface area contributed by atoms with Crippen LogP contribution in [0.4, 0.5) is 0 Å². The van der Waals surface area contributed by atoms with Gasteiger partial charge in [-0.15, -0.1) is 0 Å². The highest BCUT2D eigenvalue weighted by Crippen LogP contribution is 2.18. The fourth-order valence-electron chi connectivity index (χ4n) is 2.76. The van der Waals surface area contributed by atoms with Gasteiger partial charge in [0, 0.05) is 38.8 Å². The van der Waals surface area contributed by atoms with Crippen molar-refractivity contribution in [2.75, 3.05) is 32.6 Å². The lowest BCUT2D eigenvalue weighted by Crippen LogP contribution is -2.36. The number of hydrogen-bond acceptors (Lipinski definition) is 6. The summed E-state index contributed by atoms with van der Waals surface area (Å²) in [6.45, 7) is 3.43. The van der Waals surface area contributed by atoms with Gasteiger partial charge in [0.15, 0.2) is 9.84 Å². The summed E-state index contributed by atoms with van der Waals surface area (Å²) >= 11 is 0. The summed E-state index contributed by atoms with van der Waals surface area (Å²) in [6.07, 6.45) is 4.80. The molecule has 0 saturated carbocycles. The molecule has 25 heavy (non-hydrogen) atoms. The zero-order valence-electron chi connectivity index (χ0n) is 14.5. The highest BCUT2D eigenvalue weighted by atomic mass is 32.2. The first kappa shape index (κ1) is 17.9. The van der Waals surface area contributed by atoms with Crippen LogP contribution >= 0.6 is 0 Å². The Hall–Kier alpha value is -1.90. The van der Waals surface area contributed by atoms with Gasteiger partial charge >= 0.3 is 0 Å². The van der Waals surface area contributed by atoms with E-state index in [0.717, 1.165) is 25.5 Å². The molecular formula is C17H23N3O4S. The lowest BCUT2D eigenvalue weighted by Gasteiger charge is -2.23. The van der Waals surface area contributed by atoms with Crippen LogP contribution in [0.3, 0.4) is 0 Å². The van der Waals surface area contributed by atoms with Crippen molar-refractivity contribution >= 4 is 9.84 Å². The number of imidazole rings is 1. The molecule has 136 valence electrons. The number of sulfone groups is 1. The molecule has 0 spiro atoms. The Morgan fingerprint density at radius 2 is 2.08 bits per heavy atom. The van der Waals surface area contributed by atoms with Crippen molar-refractivity contribution in [3.05, 3.63) is 42.5 Å². The van der Waals surface area contributed by atoms with Gasteiger partial charge in [0.05, 0.1) is 24.7 Å². The third-order valence-electron chi connectivity index (χ3n) is 4.16. The Balaban J connectivity index is 1.64. The molecule has 1 aliphatic heterocycles. The SMILES string of the molecule is Cn1ccnc1CN1CCOC[C@H](Oc2ccc(S(C)(=O)=O)cc2)C1. The summed E-state index contributed by atoms with van der Waals surface area (Å²) < 4.78 is 36.7. The normalized spacial score (nSPS) is 19.5. The molecule has 0 N–H and O–H groups in total. The van der Waals surface area contributed by atoms with Gasteiger partial charge in [-0.05, 0) is 24.3 Å². The van der Waals surface area contributed by atoms with Crippen LogP contribution in [0.2, 0.25) is 0 Å². The van der Waals surface area contributed by atoms with Gasteiger partial charge in [-0.25, -0.2) is 13.4 Å². The molecule has 2 aromatic rings. The summed E-state index contributed by atoms with van der Waals surface area (Å²) in [6, 6.07) is 6.50. The summed E-state index contributed by atoms with van der Waals surface area (Å²) in [5.74, 6) is 1.64. The molecule has 7 nitrogen and oxygen atoms in total. The van der Waals surface area contributed by atoms with Crippen molar-refractivity contribution in [3.63, 3.8) is 0 Å². The summed E-state index contributed by atoms with van der Waals surface area (Å²) in [7, 11) is -1.22. The lowest BCUT2D eigenvalue weighted by molar-refractivity contribution is 0.0709. The van der Waals surface area contributed by atoms with E-state index in [9.17, 15) is 8.42 Å². The number of benzene rings is 1. The van der Waals surface area contributed by atoms with Crippen molar-refractivity contribution < 1.29 is 17.9 Å². The molecule has 0 aliphatic carbocycles. The zero-order chi connectivity index (χ0) is 17.9. The molecule has 2 heterocycles. The molecule has 1 fully saturated rings. The quantitative estimate of drug-likeness (QED) is 0.790. The van der Waals surface area contributed by atoms with Gasteiger partial charge in [-0.3, -0.25) is 4.90 Å². The van der Waals surface area contributed by atoms with Crippen LogP contribution < -0.4 is 4.74 Å². The molecule has 1 atom stereocenters. The van der Waals surface area contributed by atoms with E-state index in [1.807, 2.05) is 17.8 Å². The van der Waals surface area contributed by atoms with E-state index in [0.29, 0.717) is 19.0 Å². The molecule has 1 aromatic carbocycles. The van der Waals surface area contributed by atoms with Crippen LogP contribution in [-0.2, 0) is 28.2 Å². The number of rotatable bonds is 5. The second-order valence-corrected chi connectivity index (χ2v) is 8.26. The van der Waals surface area contributed by atoms with E-state index < -0.39 is 9.84 Å². The van der Waals surface area contributed by atoms with E-state index in [-0.39, 0.29) is 11.0 Å². The van der Waals surface area contributed by atoms with Crippen molar-refractivity contribution in [1.29, 1.82) is 0 Å². The summed E-state index contributed by atoms with van der Waals surface area (Å²) in [5, 5.41) is 0. The molecule has 0 bridgehead atoms. The molecule has 8 heteroatoms. The van der Waals surface area contributed by atoms with E-state index in [1.165, 1.54) is 6.26 Å². The predicted octanol–water partition coefficient (Wildman–Crippen LogP) is 1.10. The van der Waals surface area contributed by atoms with Gasteiger partial charge in [-0.2, -0.15) is 0 Å². The molecule has 1 aromatic heterocycles. The average Bonchev–Trinajstić information content (AvgIpc) is 2.82. The van der Waals surface area contributed by atoms with Gasteiger partial charge in [0.1, 0.15) is 17.7 Å². The predicted molar refractivity (Wildman–Crippen MR) is 93.3 cm³/mol. The highest BCUT2D eigenvalue weighted by Gasteiger charge is 2.21. The number of ether oxygens (including phenoxy) is 2. The van der Waals surface area contributed by atoms with Crippen LogP contribution in [0, 0.1) is 0 Å². The summed E-state index contributed by atoms with van der Waals surface area (Å²) in [5.41, 5.74) is 0. The van der Waals surface area contributed by atoms with Crippen molar-refractivity contribution in [3.8, 4) is 5.75 Å². The Kier molecular flexibility index (Phi) is 5.41. The van der Waals surface area contributed by atoms with Crippen molar-refractivity contribution in [1.82, 2.24) is 14.5 Å². The maximum Gasteiger partial charge on any atom is 0.175 e. The van der Waals surface area contributed by atoms with Gasteiger partial charge in [-0.1, -0.05) is 0 Å². The molecule has 1 saturated heterocycles. The molecule has 3 rings (SSSR count). The van der Waals surface area contributed by atoms with Gasteiger partial charge in [0.25, 0.3) is 0 Å². The van der Waals surface area contributed by atoms with Crippen molar-refractivity contribution in [2.45, 2.75) is 17.5 Å². The second-order valence-electron chi connectivity index (χ2n) is 6.25. The minimum atomic E-state index is -3.20. The number of aromatic nitrogens is 2. The molecular weight excluding hydrogens is 342 g/mol. The van der Waals surface area contributed by atoms with Crippen LogP contribution in [0.15, 0.2) is 41.6 Å². The monoisotopic (exact) mass is 365 g/mol. The van der Waals surface area contributed by atoms with Crippen LogP contribution in [0.25, 0.3) is 0 Å². The number of hydrogen-bond donors (Lipinski definition) is 0. The smallest absolute Gasteiger partial charge is 0.175 e. The van der Waals surface area contributed by atoms with Gasteiger partial charge in [0.2, 0.25) is 0 Å². The maximum atomic E-state index is 11.5. The molecule has 0 amide bonds. The van der Waals surface area contributed by atoms with Crippen molar-refractivity contribution in [2.24, 2.45) is 7.05 Å². The third kappa shape index (κ3) is 4.81. The van der Waals surface area contributed by atoms with Crippen LogP contribution in [-0.4, -0.2) is 61.5 Å². The van der Waals surface area contributed by atoms with Gasteiger partial charge < -0.3 is 14.0 Å². The maximum absolute atomic E-state index is 11.5. The van der Waals surface area contributed by atoms with E-state index in [1.54, 1.807) is 30.5 Å². The van der Waals surface area contributed by atoms with Crippen LogP contribution in [0.1, 0.15) is 5.82 Å². The third-order valence-corrected chi connectivity index (χ3v) is 5.29. The molecule has 1 aliphatic rings. The second kappa shape index (κ2) is 7.55. The minimum absolute atomic E-state index is 0.119. The molecule has 0 radical (unpaired) electrons. The first-order chi connectivity index (χ1) is 11.9. The standard InChI is InChI=1S/C17H23N3O4S/c1-19-8-7-18-17(19)12-20-9-10-23-13-15(11-20)24-14-3-5-16(6-4-14)25(2,21)22/h3-8,15H,9-13H2,1-2H3/t15-/m1/s1. The Labute approximate surface area is 148 Å². The van der Waals surface area contributed by atoms with Crippen LogP contribution in [0.5, 0.6) is 5.75 Å². The number of nitrogens with zero attached hydrogens (tertiary/aromatic N) is 3. The largest absolute Gasteiger partial charge is 0.487 e.